The number of halogens is 1. The molecule has 7 heteroatoms. The topological polar surface area (TPSA) is 80.0 Å². The number of benzene rings is 1. The van der Waals surface area contributed by atoms with Crippen LogP contribution in [0, 0.1) is 0 Å². The fraction of sp³-hybridized carbons (Fsp3) is 0.308. The Balaban J connectivity index is 2.31. The first-order valence-electron chi connectivity index (χ1n) is 6.21. The van der Waals surface area contributed by atoms with E-state index in [1.165, 1.54) is 0 Å². The highest BCUT2D eigenvalue weighted by atomic mass is 35.5. The number of nitrogens with zero attached hydrogens (tertiary/aromatic N) is 2. The summed E-state index contributed by atoms with van der Waals surface area (Å²) in [6.45, 7) is 2.75. The van der Waals surface area contributed by atoms with Crippen LogP contribution >= 0.6 is 11.6 Å². The number of anilines is 1. The number of likely N-dealkylation sites (N-methyl/N-ethyl adjacent to an activating group) is 1. The molecule has 106 valence electrons. The Kier molecular flexibility index (Phi) is 4.57. The van der Waals surface area contributed by atoms with Crippen molar-refractivity contribution in [2.24, 2.45) is 0 Å². The molecule has 2 N–H and O–H groups in total. The summed E-state index contributed by atoms with van der Waals surface area (Å²) in [4.78, 5) is 15.5. The van der Waals surface area contributed by atoms with Gasteiger partial charge in [0.1, 0.15) is 0 Å². The standard InChI is InChI=1S/C13H15ClN4O2/c1-3-16-10-5-4-8(14)6-9(10)13-17-11(18-20-13)7-12(19)15-2/h4-6,16H,3,7H2,1-2H3,(H,15,19). The Labute approximate surface area is 121 Å². The van der Waals surface area contributed by atoms with Crippen molar-refractivity contribution in [3.8, 4) is 11.5 Å². The second-order valence-electron chi connectivity index (χ2n) is 4.09. The number of hydrogen-bond donors (Lipinski definition) is 2. The molecule has 0 fully saturated rings. The lowest BCUT2D eigenvalue weighted by Crippen LogP contribution is -2.20. The first-order chi connectivity index (χ1) is 9.63. The fourth-order valence-corrected chi connectivity index (χ4v) is 1.88. The lowest BCUT2D eigenvalue weighted by atomic mass is 10.1. The summed E-state index contributed by atoms with van der Waals surface area (Å²) in [7, 11) is 1.56. The van der Waals surface area contributed by atoms with E-state index in [1.54, 1.807) is 19.2 Å². The van der Waals surface area contributed by atoms with Crippen molar-refractivity contribution in [2.45, 2.75) is 13.3 Å². The van der Waals surface area contributed by atoms with E-state index in [-0.39, 0.29) is 12.3 Å². The van der Waals surface area contributed by atoms with E-state index in [9.17, 15) is 4.79 Å². The minimum Gasteiger partial charge on any atom is -0.385 e. The number of carbonyl (C=O) groups excluding carboxylic acids is 1. The summed E-state index contributed by atoms with van der Waals surface area (Å²) in [5, 5.41) is 10.1. The summed E-state index contributed by atoms with van der Waals surface area (Å²) < 4.78 is 5.20. The van der Waals surface area contributed by atoms with Gasteiger partial charge in [0.05, 0.1) is 12.0 Å². The molecule has 0 aliphatic heterocycles. The van der Waals surface area contributed by atoms with Crippen LogP contribution in [0.3, 0.4) is 0 Å². The van der Waals surface area contributed by atoms with Gasteiger partial charge in [-0.25, -0.2) is 0 Å². The van der Waals surface area contributed by atoms with Crippen LogP contribution in [0.4, 0.5) is 5.69 Å². The molecule has 1 aromatic carbocycles. The molecule has 20 heavy (non-hydrogen) atoms. The first kappa shape index (κ1) is 14.3. The Morgan fingerprint density at radius 3 is 2.95 bits per heavy atom. The molecule has 0 unspecified atom stereocenters. The van der Waals surface area contributed by atoms with E-state index in [2.05, 4.69) is 20.8 Å². The second kappa shape index (κ2) is 6.38. The molecule has 1 amide bonds. The van der Waals surface area contributed by atoms with E-state index in [0.717, 1.165) is 17.8 Å². The summed E-state index contributed by atoms with van der Waals surface area (Å²) in [5.41, 5.74) is 1.57. The maximum Gasteiger partial charge on any atom is 0.260 e. The molecule has 1 heterocycles. The van der Waals surface area contributed by atoms with Crippen LogP contribution in [-0.2, 0) is 11.2 Å². The molecule has 0 spiro atoms. The predicted octanol–water partition coefficient (Wildman–Crippen LogP) is 2.11. The minimum absolute atomic E-state index is 0.0805. The van der Waals surface area contributed by atoms with Crippen LogP contribution in [0.5, 0.6) is 0 Å². The Bertz CT molecular complexity index is 612. The Hall–Kier alpha value is -2.08. The monoisotopic (exact) mass is 294 g/mol. The van der Waals surface area contributed by atoms with E-state index >= 15 is 0 Å². The average Bonchev–Trinajstić information content (AvgIpc) is 2.89. The third kappa shape index (κ3) is 3.27. The summed E-state index contributed by atoms with van der Waals surface area (Å²) in [5.74, 6) is 0.500. The number of aromatic nitrogens is 2. The van der Waals surface area contributed by atoms with Gasteiger partial charge in [0.15, 0.2) is 5.82 Å². The summed E-state index contributed by atoms with van der Waals surface area (Å²) in [6.07, 6.45) is 0.0805. The molecule has 2 aromatic rings. The third-order valence-electron chi connectivity index (χ3n) is 2.64. The molecule has 0 radical (unpaired) electrons. The number of nitrogens with one attached hydrogen (secondary N) is 2. The van der Waals surface area contributed by atoms with Gasteiger partial charge in [0, 0.05) is 24.3 Å². The van der Waals surface area contributed by atoms with Crippen molar-refractivity contribution >= 4 is 23.2 Å². The predicted molar refractivity (Wildman–Crippen MR) is 76.7 cm³/mol. The first-order valence-corrected chi connectivity index (χ1v) is 6.58. The molecule has 0 bridgehead atoms. The number of amides is 1. The van der Waals surface area contributed by atoms with Gasteiger partial charge in [0.25, 0.3) is 5.89 Å². The molecule has 0 saturated carbocycles. The normalized spacial score (nSPS) is 10.3. The van der Waals surface area contributed by atoms with Gasteiger partial charge in [-0.1, -0.05) is 16.8 Å². The number of hydrogen-bond acceptors (Lipinski definition) is 5. The molecule has 2 rings (SSSR count). The molecule has 0 atom stereocenters. The SMILES string of the molecule is CCNc1ccc(Cl)cc1-c1nc(CC(=O)NC)no1. The molecule has 1 aromatic heterocycles. The van der Waals surface area contributed by atoms with Crippen molar-refractivity contribution in [1.29, 1.82) is 0 Å². The average molecular weight is 295 g/mol. The van der Waals surface area contributed by atoms with E-state index < -0.39 is 0 Å². The fourth-order valence-electron chi connectivity index (χ4n) is 1.71. The highest BCUT2D eigenvalue weighted by molar-refractivity contribution is 6.31. The van der Waals surface area contributed by atoms with Crippen LogP contribution in [0.25, 0.3) is 11.5 Å². The third-order valence-corrected chi connectivity index (χ3v) is 2.88. The van der Waals surface area contributed by atoms with Gasteiger partial charge in [0.2, 0.25) is 5.91 Å². The lowest BCUT2D eigenvalue weighted by Gasteiger charge is -2.07. The number of rotatable bonds is 5. The van der Waals surface area contributed by atoms with E-state index in [4.69, 9.17) is 16.1 Å². The van der Waals surface area contributed by atoms with Crippen LogP contribution in [0.2, 0.25) is 5.02 Å². The van der Waals surface area contributed by atoms with Gasteiger partial charge in [-0.05, 0) is 25.1 Å². The molecular formula is C13H15ClN4O2. The van der Waals surface area contributed by atoms with Crippen molar-refractivity contribution < 1.29 is 9.32 Å². The van der Waals surface area contributed by atoms with Gasteiger partial charge in [-0.15, -0.1) is 0 Å². The van der Waals surface area contributed by atoms with Gasteiger partial charge < -0.3 is 15.2 Å². The van der Waals surface area contributed by atoms with E-state index in [0.29, 0.717) is 16.7 Å². The van der Waals surface area contributed by atoms with Gasteiger partial charge in [-0.3, -0.25) is 4.79 Å². The highest BCUT2D eigenvalue weighted by Crippen LogP contribution is 2.29. The summed E-state index contributed by atoms with van der Waals surface area (Å²) in [6, 6.07) is 5.38. The molecule has 0 saturated heterocycles. The smallest absolute Gasteiger partial charge is 0.260 e. The van der Waals surface area contributed by atoms with Crippen molar-refractivity contribution in [1.82, 2.24) is 15.5 Å². The molecule has 0 aliphatic rings. The highest BCUT2D eigenvalue weighted by Gasteiger charge is 2.15. The number of carbonyl (C=O) groups is 1. The zero-order valence-electron chi connectivity index (χ0n) is 11.2. The van der Waals surface area contributed by atoms with Crippen LogP contribution in [0.15, 0.2) is 22.7 Å². The van der Waals surface area contributed by atoms with Crippen molar-refractivity contribution in [3.05, 3.63) is 29.0 Å². The minimum atomic E-state index is -0.171. The second-order valence-corrected chi connectivity index (χ2v) is 4.52. The Morgan fingerprint density at radius 1 is 1.45 bits per heavy atom. The summed E-state index contributed by atoms with van der Waals surface area (Å²) >= 11 is 6.00. The maximum atomic E-state index is 11.3. The molecule has 0 aliphatic carbocycles. The Morgan fingerprint density at radius 2 is 2.25 bits per heavy atom. The van der Waals surface area contributed by atoms with Gasteiger partial charge >= 0.3 is 0 Å². The quantitative estimate of drug-likeness (QED) is 0.883. The molecular weight excluding hydrogens is 280 g/mol. The zero-order valence-corrected chi connectivity index (χ0v) is 12.0. The van der Waals surface area contributed by atoms with Crippen molar-refractivity contribution in [3.63, 3.8) is 0 Å². The zero-order chi connectivity index (χ0) is 14.5. The lowest BCUT2D eigenvalue weighted by molar-refractivity contribution is -0.120. The van der Waals surface area contributed by atoms with Crippen LogP contribution in [0.1, 0.15) is 12.7 Å². The van der Waals surface area contributed by atoms with Crippen LogP contribution < -0.4 is 10.6 Å². The van der Waals surface area contributed by atoms with E-state index in [1.807, 2.05) is 13.0 Å². The largest absolute Gasteiger partial charge is 0.385 e. The van der Waals surface area contributed by atoms with Gasteiger partial charge in [-0.2, -0.15) is 4.98 Å². The van der Waals surface area contributed by atoms with Crippen LogP contribution in [-0.4, -0.2) is 29.6 Å². The molecule has 6 nitrogen and oxygen atoms in total. The maximum absolute atomic E-state index is 11.3. The van der Waals surface area contributed by atoms with Crippen molar-refractivity contribution in [2.75, 3.05) is 18.9 Å².